The van der Waals surface area contributed by atoms with Gasteiger partial charge in [-0.25, -0.2) is 13.5 Å². The Morgan fingerprint density at radius 3 is 2.00 bits per heavy atom. The number of anilines is 1. The Balaban J connectivity index is 1.51. The molecular formula is C26H23F2N3OS. The largest absolute Gasteiger partial charge is 0.322 e. The lowest BCUT2D eigenvalue weighted by Crippen LogP contribution is -2.16. The summed E-state index contributed by atoms with van der Waals surface area (Å²) >= 11 is 1.40. The molecule has 0 atom stereocenters. The van der Waals surface area contributed by atoms with Gasteiger partial charge in [-0.1, -0.05) is 42.5 Å². The standard InChI is InChI=1S/C26H23F2N3OS/c1-17-25(18(2)31(30-17)23-6-4-3-5-7-23)29-24(32)16-33-26(19-8-12-21(27)13-9-19)20-10-14-22(28)15-11-20/h3-15,26H,16H2,1-2H3,(H,29,32). The number of carbonyl (C=O) groups excluding carboxylic acids is 1. The fraction of sp³-hybridized carbons (Fsp3) is 0.154. The summed E-state index contributed by atoms with van der Waals surface area (Å²) in [4.78, 5) is 12.8. The van der Waals surface area contributed by atoms with Gasteiger partial charge in [0.1, 0.15) is 11.6 Å². The van der Waals surface area contributed by atoms with Gasteiger partial charge in [0.25, 0.3) is 0 Å². The van der Waals surface area contributed by atoms with E-state index in [-0.39, 0.29) is 28.5 Å². The summed E-state index contributed by atoms with van der Waals surface area (Å²) in [6.45, 7) is 3.77. The molecule has 4 aromatic rings. The van der Waals surface area contributed by atoms with Gasteiger partial charge in [0.05, 0.1) is 33.8 Å². The summed E-state index contributed by atoms with van der Waals surface area (Å²) in [7, 11) is 0. The van der Waals surface area contributed by atoms with Gasteiger partial charge in [0.15, 0.2) is 0 Å². The first-order valence-electron chi connectivity index (χ1n) is 10.5. The van der Waals surface area contributed by atoms with Crippen LogP contribution in [0.5, 0.6) is 0 Å². The van der Waals surface area contributed by atoms with E-state index in [0.29, 0.717) is 5.69 Å². The van der Waals surface area contributed by atoms with Crippen LogP contribution in [-0.4, -0.2) is 21.4 Å². The number of amides is 1. The molecule has 0 fully saturated rings. The van der Waals surface area contributed by atoms with E-state index in [1.165, 1.54) is 36.0 Å². The van der Waals surface area contributed by atoms with E-state index in [1.54, 1.807) is 28.9 Å². The first-order chi connectivity index (χ1) is 15.9. The minimum Gasteiger partial charge on any atom is -0.322 e. The summed E-state index contributed by atoms with van der Waals surface area (Å²) in [5.74, 6) is -0.677. The van der Waals surface area contributed by atoms with Crippen molar-refractivity contribution in [2.75, 3.05) is 11.1 Å². The van der Waals surface area contributed by atoms with Crippen LogP contribution in [0.1, 0.15) is 27.8 Å². The highest BCUT2D eigenvalue weighted by atomic mass is 32.2. The Morgan fingerprint density at radius 2 is 1.45 bits per heavy atom. The Morgan fingerprint density at radius 1 is 0.909 bits per heavy atom. The SMILES string of the molecule is Cc1nn(-c2ccccc2)c(C)c1NC(=O)CSC(c1ccc(F)cc1)c1ccc(F)cc1. The highest BCUT2D eigenvalue weighted by Crippen LogP contribution is 2.36. The van der Waals surface area contributed by atoms with Crippen molar-refractivity contribution in [1.82, 2.24) is 9.78 Å². The maximum Gasteiger partial charge on any atom is 0.234 e. The number of nitrogens with zero attached hydrogens (tertiary/aromatic N) is 2. The minimum atomic E-state index is -0.333. The minimum absolute atomic E-state index is 0.162. The second kappa shape index (κ2) is 10.0. The number of aromatic nitrogens is 2. The molecule has 7 heteroatoms. The average Bonchev–Trinajstić information content (AvgIpc) is 3.10. The number of nitrogens with one attached hydrogen (secondary N) is 1. The first kappa shape index (κ1) is 22.7. The third-order valence-corrected chi connectivity index (χ3v) is 6.59. The van der Waals surface area contributed by atoms with Gasteiger partial charge in [0.2, 0.25) is 5.91 Å². The lowest BCUT2D eigenvalue weighted by atomic mass is 10.0. The molecule has 4 nitrogen and oxygen atoms in total. The Labute approximate surface area is 195 Å². The van der Waals surface area contributed by atoms with Crippen molar-refractivity contribution in [1.29, 1.82) is 0 Å². The van der Waals surface area contributed by atoms with Gasteiger partial charge in [-0.3, -0.25) is 4.79 Å². The van der Waals surface area contributed by atoms with Crippen LogP contribution >= 0.6 is 11.8 Å². The predicted molar refractivity (Wildman–Crippen MR) is 129 cm³/mol. The molecule has 1 aromatic heterocycles. The normalized spacial score (nSPS) is 11.1. The van der Waals surface area contributed by atoms with Crippen molar-refractivity contribution in [3.05, 3.63) is 113 Å². The summed E-state index contributed by atoms with van der Waals surface area (Å²) in [5.41, 5.74) is 4.84. The van der Waals surface area contributed by atoms with Gasteiger partial charge >= 0.3 is 0 Å². The van der Waals surface area contributed by atoms with Crippen molar-refractivity contribution >= 4 is 23.4 Å². The van der Waals surface area contributed by atoms with Gasteiger partial charge in [0, 0.05) is 0 Å². The molecule has 1 amide bonds. The van der Waals surface area contributed by atoms with Crippen LogP contribution < -0.4 is 5.32 Å². The summed E-state index contributed by atoms with van der Waals surface area (Å²) in [6.07, 6.45) is 0. The summed E-state index contributed by atoms with van der Waals surface area (Å²) in [5, 5.41) is 7.30. The van der Waals surface area contributed by atoms with E-state index in [4.69, 9.17) is 0 Å². The van der Waals surface area contributed by atoms with Gasteiger partial charge in [-0.2, -0.15) is 5.10 Å². The van der Waals surface area contributed by atoms with Crippen LogP contribution in [0, 0.1) is 25.5 Å². The lowest BCUT2D eigenvalue weighted by molar-refractivity contribution is -0.113. The zero-order valence-corrected chi connectivity index (χ0v) is 19.1. The average molecular weight is 464 g/mol. The van der Waals surface area contributed by atoms with Crippen molar-refractivity contribution in [3.63, 3.8) is 0 Å². The quantitative estimate of drug-likeness (QED) is 0.353. The van der Waals surface area contributed by atoms with Gasteiger partial charge in [-0.05, 0) is 61.4 Å². The van der Waals surface area contributed by atoms with Crippen LogP contribution in [0.15, 0.2) is 78.9 Å². The second-order valence-corrected chi connectivity index (χ2v) is 8.73. The van der Waals surface area contributed by atoms with Crippen molar-refractivity contribution in [2.24, 2.45) is 0 Å². The van der Waals surface area contributed by atoms with Gasteiger partial charge < -0.3 is 5.32 Å². The highest BCUT2D eigenvalue weighted by Gasteiger charge is 2.19. The van der Waals surface area contributed by atoms with E-state index in [0.717, 1.165) is 28.2 Å². The van der Waals surface area contributed by atoms with Crippen LogP contribution in [0.4, 0.5) is 14.5 Å². The second-order valence-electron chi connectivity index (χ2n) is 7.64. The molecule has 0 saturated heterocycles. The molecule has 1 heterocycles. The fourth-order valence-corrected chi connectivity index (χ4v) is 4.73. The Hall–Kier alpha value is -3.45. The number of thioether (sulfide) groups is 1. The predicted octanol–water partition coefficient (Wildman–Crippen LogP) is 6.23. The maximum absolute atomic E-state index is 13.4. The van der Waals surface area contributed by atoms with E-state index in [9.17, 15) is 13.6 Å². The maximum atomic E-state index is 13.4. The zero-order valence-electron chi connectivity index (χ0n) is 18.3. The molecule has 0 aliphatic heterocycles. The third-order valence-electron chi connectivity index (χ3n) is 5.28. The number of hydrogen-bond acceptors (Lipinski definition) is 3. The lowest BCUT2D eigenvalue weighted by Gasteiger charge is -2.18. The molecule has 0 radical (unpaired) electrons. The smallest absolute Gasteiger partial charge is 0.234 e. The van der Waals surface area contributed by atoms with E-state index < -0.39 is 0 Å². The van der Waals surface area contributed by atoms with E-state index in [2.05, 4.69) is 10.4 Å². The Kier molecular flexibility index (Phi) is 6.89. The van der Waals surface area contributed by atoms with Crippen LogP contribution in [0.25, 0.3) is 5.69 Å². The number of rotatable bonds is 7. The number of hydrogen-bond donors (Lipinski definition) is 1. The van der Waals surface area contributed by atoms with Crippen LogP contribution in [0.3, 0.4) is 0 Å². The molecule has 0 aliphatic rings. The molecule has 0 bridgehead atoms. The van der Waals surface area contributed by atoms with Crippen LogP contribution in [0.2, 0.25) is 0 Å². The van der Waals surface area contributed by atoms with Crippen molar-refractivity contribution < 1.29 is 13.6 Å². The molecule has 1 N–H and O–H groups in total. The first-order valence-corrected chi connectivity index (χ1v) is 11.5. The number of benzene rings is 3. The van der Waals surface area contributed by atoms with E-state index in [1.807, 2.05) is 44.2 Å². The number of aryl methyl sites for hydroxylation is 1. The number of para-hydroxylation sites is 1. The zero-order chi connectivity index (χ0) is 23.4. The van der Waals surface area contributed by atoms with Crippen LogP contribution in [-0.2, 0) is 4.79 Å². The molecule has 0 unspecified atom stereocenters. The monoisotopic (exact) mass is 463 g/mol. The van der Waals surface area contributed by atoms with Gasteiger partial charge in [-0.15, -0.1) is 11.8 Å². The molecule has 168 valence electrons. The molecule has 3 aromatic carbocycles. The Bertz CT molecular complexity index is 1190. The molecule has 0 spiro atoms. The fourth-order valence-electron chi connectivity index (χ4n) is 3.64. The molecule has 0 saturated carbocycles. The summed E-state index contributed by atoms with van der Waals surface area (Å²) < 4.78 is 28.7. The number of carbonyl (C=O) groups is 1. The topological polar surface area (TPSA) is 46.9 Å². The van der Waals surface area contributed by atoms with E-state index >= 15 is 0 Å². The van der Waals surface area contributed by atoms with Crippen molar-refractivity contribution in [2.45, 2.75) is 19.1 Å². The number of halogens is 2. The molecular weight excluding hydrogens is 440 g/mol. The van der Waals surface area contributed by atoms with Crippen molar-refractivity contribution in [3.8, 4) is 5.69 Å². The summed E-state index contributed by atoms with van der Waals surface area (Å²) in [6, 6.07) is 22.0. The highest BCUT2D eigenvalue weighted by molar-refractivity contribution is 8.00. The molecule has 4 rings (SSSR count). The molecule has 0 aliphatic carbocycles. The third kappa shape index (κ3) is 5.31. The molecule has 33 heavy (non-hydrogen) atoms.